The Kier molecular flexibility index (Phi) is 5.60. The zero-order valence-electron chi connectivity index (χ0n) is 18.0. The lowest BCUT2D eigenvalue weighted by molar-refractivity contribution is -0.136. The fourth-order valence-corrected chi connectivity index (χ4v) is 4.52. The predicted octanol–water partition coefficient (Wildman–Crippen LogP) is 2.57. The second-order valence-electron chi connectivity index (χ2n) is 8.78. The summed E-state index contributed by atoms with van der Waals surface area (Å²) >= 11 is 0. The number of aromatic amines is 1. The lowest BCUT2D eigenvalue weighted by atomic mass is 9.85. The average Bonchev–Trinajstić information content (AvgIpc) is 3.21. The SMILES string of the molecule is Cc1[nH]cnc1CN1CCC2(CC1)C(=O)N(Cc1ccccn1)C(=O)N2CC(C)C. The Labute approximate surface area is 177 Å². The zero-order valence-corrected chi connectivity index (χ0v) is 18.0. The third kappa shape index (κ3) is 3.71. The number of imidazole rings is 1. The highest BCUT2D eigenvalue weighted by atomic mass is 16.2. The second-order valence-corrected chi connectivity index (χ2v) is 8.78. The molecule has 0 saturated carbocycles. The number of piperidine rings is 1. The largest absolute Gasteiger partial charge is 0.348 e. The first kappa shape index (κ1) is 20.5. The van der Waals surface area contributed by atoms with Crippen LogP contribution in [0.15, 0.2) is 30.7 Å². The molecule has 2 aromatic heterocycles. The van der Waals surface area contributed by atoms with Crippen molar-refractivity contribution >= 4 is 11.9 Å². The lowest BCUT2D eigenvalue weighted by Crippen LogP contribution is -2.57. The van der Waals surface area contributed by atoms with Gasteiger partial charge in [0.25, 0.3) is 5.91 Å². The van der Waals surface area contributed by atoms with Crippen LogP contribution >= 0.6 is 0 Å². The quantitative estimate of drug-likeness (QED) is 0.740. The van der Waals surface area contributed by atoms with E-state index in [4.69, 9.17) is 0 Å². The molecule has 4 heterocycles. The number of nitrogens with one attached hydrogen (secondary N) is 1. The van der Waals surface area contributed by atoms with Crippen LogP contribution < -0.4 is 0 Å². The molecule has 30 heavy (non-hydrogen) atoms. The number of hydrogen-bond acceptors (Lipinski definition) is 5. The Morgan fingerprint density at radius 1 is 1.13 bits per heavy atom. The first-order chi connectivity index (χ1) is 14.4. The van der Waals surface area contributed by atoms with Gasteiger partial charge in [-0.25, -0.2) is 9.78 Å². The normalized spacial score (nSPS) is 19.5. The molecule has 3 amide bonds. The van der Waals surface area contributed by atoms with E-state index in [-0.39, 0.29) is 24.4 Å². The number of aromatic nitrogens is 3. The van der Waals surface area contributed by atoms with E-state index >= 15 is 0 Å². The van der Waals surface area contributed by atoms with E-state index in [9.17, 15) is 9.59 Å². The highest BCUT2D eigenvalue weighted by molar-refractivity contribution is 6.07. The molecular formula is C22H30N6O2. The molecular weight excluding hydrogens is 380 g/mol. The van der Waals surface area contributed by atoms with Crippen molar-refractivity contribution in [3.63, 3.8) is 0 Å². The minimum atomic E-state index is -0.743. The van der Waals surface area contributed by atoms with E-state index < -0.39 is 5.54 Å². The van der Waals surface area contributed by atoms with Crippen LogP contribution in [0.1, 0.15) is 43.8 Å². The summed E-state index contributed by atoms with van der Waals surface area (Å²) in [6.07, 6.45) is 4.70. The maximum Gasteiger partial charge on any atom is 0.328 e. The third-order valence-electron chi connectivity index (χ3n) is 6.21. The number of H-pyrrole nitrogens is 1. The molecule has 8 heteroatoms. The number of nitrogens with zero attached hydrogens (tertiary/aromatic N) is 5. The lowest BCUT2D eigenvalue weighted by Gasteiger charge is -2.42. The number of hydrogen-bond donors (Lipinski definition) is 1. The molecule has 2 saturated heterocycles. The molecule has 0 aromatic carbocycles. The summed E-state index contributed by atoms with van der Waals surface area (Å²) in [4.78, 5) is 44.2. The number of likely N-dealkylation sites (tertiary alicyclic amines) is 1. The van der Waals surface area contributed by atoms with Crippen LogP contribution in [0.3, 0.4) is 0 Å². The molecule has 8 nitrogen and oxygen atoms in total. The van der Waals surface area contributed by atoms with Crippen LogP contribution in [-0.2, 0) is 17.9 Å². The first-order valence-corrected chi connectivity index (χ1v) is 10.7. The first-order valence-electron chi connectivity index (χ1n) is 10.7. The number of carbonyl (C=O) groups excluding carboxylic acids is 2. The second kappa shape index (κ2) is 8.18. The number of urea groups is 1. The molecule has 2 aliphatic rings. The van der Waals surface area contributed by atoms with Gasteiger partial charge in [-0.3, -0.25) is 19.6 Å². The van der Waals surface area contributed by atoms with E-state index in [1.807, 2.05) is 30.0 Å². The van der Waals surface area contributed by atoms with Gasteiger partial charge < -0.3 is 9.88 Å². The summed E-state index contributed by atoms with van der Waals surface area (Å²) in [6, 6.07) is 5.38. The average molecular weight is 411 g/mol. The predicted molar refractivity (Wildman–Crippen MR) is 112 cm³/mol. The van der Waals surface area contributed by atoms with Crippen molar-refractivity contribution < 1.29 is 9.59 Å². The van der Waals surface area contributed by atoms with Crippen LogP contribution in [0, 0.1) is 12.8 Å². The molecule has 2 aliphatic heterocycles. The highest BCUT2D eigenvalue weighted by Gasteiger charge is 2.57. The summed E-state index contributed by atoms with van der Waals surface area (Å²) < 4.78 is 0. The van der Waals surface area contributed by atoms with Crippen LogP contribution in [0.4, 0.5) is 4.79 Å². The Hall–Kier alpha value is -2.74. The van der Waals surface area contributed by atoms with Crippen LogP contribution in [0.5, 0.6) is 0 Å². The Morgan fingerprint density at radius 2 is 1.90 bits per heavy atom. The number of rotatable bonds is 6. The maximum atomic E-state index is 13.6. The summed E-state index contributed by atoms with van der Waals surface area (Å²) in [6.45, 7) is 9.29. The maximum absolute atomic E-state index is 13.6. The number of carbonyl (C=O) groups is 2. The van der Waals surface area contributed by atoms with E-state index in [1.54, 1.807) is 12.5 Å². The van der Waals surface area contributed by atoms with Crippen molar-refractivity contribution in [1.29, 1.82) is 0 Å². The number of pyridine rings is 1. The van der Waals surface area contributed by atoms with Crippen molar-refractivity contribution in [2.75, 3.05) is 19.6 Å². The van der Waals surface area contributed by atoms with E-state index in [0.717, 1.165) is 36.7 Å². The standard InChI is InChI=1S/C22H30N6O2/c1-16(2)12-28-21(30)27(13-18-6-4-5-9-23-18)20(29)22(28)7-10-26(11-8-22)14-19-17(3)24-15-25-19/h4-6,9,15-16H,7-8,10-14H2,1-3H3,(H,24,25). The molecule has 0 atom stereocenters. The molecule has 0 unspecified atom stereocenters. The van der Waals surface area contributed by atoms with E-state index in [2.05, 4.69) is 33.7 Å². The number of aryl methyl sites for hydroxylation is 1. The summed E-state index contributed by atoms with van der Waals surface area (Å²) in [5, 5.41) is 0. The van der Waals surface area contributed by atoms with Gasteiger partial charge in [0.15, 0.2) is 0 Å². The van der Waals surface area contributed by atoms with Gasteiger partial charge in [0.1, 0.15) is 5.54 Å². The van der Waals surface area contributed by atoms with Gasteiger partial charge in [0, 0.05) is 38.1 Å². The molecule has 160 valence electrons. The van der Waals surface area contributed by atoms with Crippen LogP contribution in [-0.4, -0.2) is 66.8 Å². The Bertz CT molecular complexity index is 901. The zero-order chi connectivity index (χ0) is 21.3. The minimum absolute atomic E-state index is 0.0746. The molecule has 1 N–H and O–H groups in total. The van der Waals surface area contributed by atoms with Gasteiger partial charge in [-0.1, -0.05) is 19.9 Å². The number of amides is 3. The minimum Gasteiger partial charge on any atom is -0.348 e. The topological polar surface area (TPSA) is 85.4 Å². The highest BCUT2D eigenvalue weighted by Crippen LogP contribution is 2.38. The summed E-state index contributed by atoms with van der Waals surface area (Å²) in [5.74, 6) is 0.215. The van der Waals surface area contributed by atoms with Crippen molar-refractivity contribution in [2.24, 2.45) is 5.92 Å². The van der Waals surface area contributed by atoms with Crippen molar-refractivity contribution in [3.8, 4) is 0 Å². The third-order valence-corrected chi connectivity index (χ3v) is 6.21. The van der Waals surface area contributed by atoms with Gasteiger partial charge in [0.2, 0.25) is 0 Å². The van der Waals surface area contributed by atoms with Crippen molar-refractivity contribution in [3.05, 3.63) is 47.8 Å². The fourth-order valence-electron chi connectivity index (χ4n) is 4.52. The van der Waals surface area contributed by atoms with Gasteiger partial charge in [-0.05, 0) is 37.8 Å². The van der Waals surface area contributed by atoms with Crippen molar-refractivity contribution in [1.82, 2.24) is 29.7 Å². The van der Waals surface area contributed by atoms with E-state index in [1.165, 1.54) is 4.90 Å². The van der Waals surface area contributed by atoms with Gasteiger partial charge >= 0.3 is 6.03 Å². The van der Waals surface area contributed by atoms with E-state index in [0.29, 0.717) is 19.4 Å². The van der Waals surface area contributed by atoms with Gasteiger partial charge in [-0.2, -0.15) is 0 Å². The van der Waals surface area contributed by atoms with Gasteiger partial charge in [-0.15, -0.1) is 0 Å². The Balaban J connectivity index is 1.53. The molecule has 4 rings (SSSR count). The fraction of sp³-hybridized carbons (Fsp3) is 0.545. The van der Waals surface area contributed by atoms with Crippen LogP contribution in [0.25, 0.3) is 0 Å². The smallest absolute Gasteiger partial charge is 0.328 e. The molecule has 2 fully saturated rings. The summed E-state index contributed by atoms with van der Waals surface area (Å²) in [7, 11) is 0. The Morgan fingerprint density at radius 3 is 2.50 bits per heavy atom. The monoisotopic (exact) mass is 410 g/mol. The molecule has 0 radical (unpaired) electrons. The van der Waals surface area contributed by atoms with Crippen molar-refractivity contribution in [2.45, 2.75) is 52.2 Å². The molecule has 1 spiro atoms. The van der Waals surface area contributed by atoms with Crippen LogP contribution in [0.2, 0.25) is 0 Å². The summed E-state index contributed by atoms with van der Waals surface area (Å²) in [5.41, 5.74) is 2.10. The molecule has 2 aromatic rings. The molecule has 0 aliphatic carbocycles. The number of imide groups is 1. The van der Waals surface area contributed by atoms with Gasteiger partial charge in [0.05, 0.1) is 24.3 Å². The molecule has 0 bridgehead atoms.